The van der Waals surface area contributed by atoms with Gasteiger partial charge in [0.1, 0.15) is 0 Å². The highest BCUT2D eigenvalue weighted by molar-refractivity contribution is 5.60. The van der Waals surface area contributed by atoms with Crippen molar-refractivity contribution in [2.45, 2.75) is 13.0 Å². The van der Waals surface area contributed by atoms with E-state index in [1.165, 1.54) is 11.1 Å². The van der Waals surface area contributed by atoms with E-state index in [1.807, 2.05) is 18.2 Å². The first kappa shape index (κ1) is 12.2. The van der Waals surface area contributed by atoms with Gasteiger partial charge < -0.3 is 9.84 Å². The van der Waals surface area contributed by atoms with Crippen LogP contribution in [0.25, 0.3) is 22.8 Å². The van der Waals surface area contributed by atoms with Gasteiger partial charge in [-0.25, -0.2) is 0 Å². The first-order chi connectivity index (χ1) is 10.4. The highest BCUT2D eigenvalue weighted by Crippen LogP contribution is 2.25. The molecule has 0 unspecified atom stereocenters. The summed E-state index contributed by atoms with van der Waals surface area (Å²) in [5.74, 6) is 1.14. The molecule has 1 aliphatic rings. The van der Waals surface area contributed by atoms with Crippen LogP contribution < -0.4 is 5.32 Å². The van der Waals surface area contributed by atoms with Gasteiger partial charge in [0.15, 0.2) is 0 Å². The molecule has 5 heteroatoms. The summed E-state index contributed by atoms with van der Waals surface area (Å²) in [5, 5.41) is 7.42. The maximum Gasteiger partial charge on any atom is 0.258 e. The van der Waals surface area contributed by atoms with Crippen molar-refractivity contribution in [1.29, 1.82) is 0 Å². The zero-order chi connectivity index (χ0) is 14.1. The molecule has 1 N–H and O–H groups in total. The monoisotopic (exact) mass is 278 g/mol. The average molecular weight is 278 g/mol. The van der Waals surface area contributed by atoms with Crippen molar-refractivity contribution in [3.8, 4) is 22.8 Å². The van der Waals surface area contributed by atoms with Gasteiger partial charge in [0.2, 0.25) is 5.82 Å². The molecule has 5 nitrogen and oxygen atoms in total. The van der Waals surface area contributed by atoms with Crippen LogP contribution in [0.1, 0.15) is 11.1 Å². The van der Waals surface area contributed by atoms with E-state index in [2.05, 4.69) is 32.6 Å². The summed E-state index contributed by atoms with van der Waals surface area (Å²) >= 11 is 0. The van der Waals surface area contributed by atoms with Crippen LogP contribution in [0.5, 0.6) is 0 Å². The first-order valence-electron chi connectivity index (χ1n) is 6.97. The molecule has 0 atom stereocenters. The molecule has 104 valence electrons. The van der Waals surface area contributed by atoms with Crippen molar-refractivity contribution < 1.29 is 4.52 Å². The Morgan fingerprint density at radius 1 is 1.00 bits per heavy atom. The fraction of sp³-hybridized carbons (Fsp3) is 0.188. The van der Waals surface area contributed by atoms with Gasteiger partial charge in [-0.2, -0.15) is 4.98 Å². The van der Waals surface area contributed by atoms with Crippen LogP contribution in [0.15, 0.2) is 47.2 Å². The molecular formula is C16H14N4O. The maximum absolute atomic E-state index is 5.39. The largest absolute Gasteiger partial charge is 0.334 e. The SMILES string of the molecule is c1cc(-c2noc(-c3ccc4c(c3)CNCC4)n2)ccn1. The fourth-order valence-corrected chi connectivity index (χ4v) is 2.57. The lowest BCUT2D eigenvalue weighted by Crippen LogP contribution is -2.23. The van der Waals surface area contributed by atoms with Crippen molar-refractivity contribution in [1.82, 2.24) is 20.4 Å². The number of hydrogen-bond acceptors (Lipinski definition) is 5. The summed E-state index contributed by atoms with van der Waals surface area (Å²) < 4.78 is 5.39. The molecule has 1 aromatic carbocycles. The van der Waals surface area contributed by atoms with E-state index in [0.717, 1.165) is 30.6 Å². The standard InChI is InChI=1S/C16H14N4O/c1-2-13(9-14-10-18-8-3-11(1)14)16-19-15(20-21-16)12-4-6-17-7-5-12/h1-2,4-7,9,18H,3,8,10H2. The Kier molecular flexibility index (Phi) is 2.97. The van der Waals surface area contributed by atoms with Crippen molar-refractivity contribution >= 4 is 0 Å². The third-order valence-electron chi connectivity index (χ3n) is 3.70. The number of fused-ring (bicyclic) bond motifs is 1. The molecule has 0 bridgehead atoms. The summed E-state index contributed by atoms with van der Waals surface area (Å²) in [7, 11) is 0. The van der Waals surface area contributed by atoms with Crippen molar-refractivity contribution in [2.75, 3.05) is 6.54 Å². The maximum atomic E-state index is 5.39. The van der Waals surface area contributed by atoms with Crippen LogP contribution >= 0.6 is 0 Å². The molecule has 0 saturated carbocycles. The van der Waals surface area contributed by atoms with Crippen molar-refractivity contribution in [2.24, 2.45) is 0 Å². The Morgan fingerprint density at radius 3 is 2.81 bits per heavy atom. The van der Waals surface area contributed by atoms with Gasteiger partial charge in [-0.3, -0.25) is 4.98 Å². The second-order valence-corrected chi connectivity index (χ2v) is 5.07. The fourth-order valence-electron chi connectivity index (χ4n) is 2.57. The Labute approximate surface area is 122 Å². The minimum atomic E-state index is 0.551. The number of aromatic nitrogens is 3. The second kappa shape index (κ2) is 5.10. The van der Waals surface area contributed by atoms with Crippen molar-refractivity contribution in [3.05, 3.63) is 53.9 Å². The van der Waals surface area contributed by atoms with E-state index < -0.39 is 0 Å². The predicted molar refractivity (Wildman–Crippen MR) is 78.4 cm³/mol. The van der Waals surface area contributed by atoms with Crippen LogP contribution in [0.2, 0.25) is 0 Å². The molecule has 4 rings (SSSR count). The number of hydrogen-bond donors (Lipinski definition) is 1. The minimum Gasteiger partial charge on any atom is -0.334 e. The highest BCUT2D eigenvalue weighted by atomic mass is 16.5. The molecule has 0 radical (unpaired) electrons. The number of pyridine rings is 1. The van der Waals surface area contributed by atoms with Gasteiger partial charge in [0.25, 0.3) is 5.89 Å². The first-order valence-corrected chi connectivity index (χ1v) is 6.97. The molecule has 0 spiro atoms. The summed E-state index contributed by atoms with van der Waals surface area (Å²) in [6.45, 7) is 1.94. The molecule has 0 amide bonds. The van der Waals surface area contributed by atoms with Crippen LogP contribution in [-0.4, -0.2) is 21.7 Å². The Balaban J connectivity index is 1.70. The van der Waals surface area contributed by atoms with E-state index in [-0.39, 0.29) is 0 Å². The van der Waals surface area contributed by atoms with Gasteiger partial charge >= 0.3 is 0 Å². The molecule has 0 fully saturated rings. The molecule has 1 aliphatic heterocycles. The highest BCUT2D eigenvalue weighted by Gasteiger charge is 2.14. The van der Waals surface area contributed by atoms with E-state index >= 15 is 0 Å². The minimum absolute atomic E-state index is 0.551. The van der Waals surface area contributed by atoms with E-state index in [0.29, 0.717) is 11.7 Å². The van der Waals surface area contributed by atoms with Crippen LogP contribution in [0.4, 0.5) is 0 Å². The van der Waals surface area contributed by atoms with Gasteiger partial charge in [-0.05, 0) is 48.4 Å². The normalized spacial score (nSPS) is 13.9. The second-order valence-electron chi connectivity index (χ2n) is 5.07. The third kappa shape index (κ3) is 2.32. The summed E-state index contributed by atoms with van der Waals surface area (Å²) in [5.41, 5.74) is 4.57. The average Bonchev–Trinajstić information content (AvgIpc) is 3.05. The Bertz CT molecular complexity index is 767. The summed E-state index contributed by atoms with van der Waals surface area (Å²) in [6.07, 6.45) is 4.51. The van der Waals surface area contributed by atoms with E-state index in [1.54, 1.807) is 12.4 Å². The van der Waals surface area contributed by atoms with Gasteiger partial charge in [0, 0.05) is 30.1 Å². The van der Waals surface area contributed by atoms with Crippen LogP contribution in [0, 0.1) is 0 Å². The summed E-state index contributed by atoms with van der Waals surface area (Å²) in [6, 6.07) is 10.1. The number of rotatable bonds is 2. The molecule has 0 aliphatic carbocycles. The number of nitrogens with one attached hydrogen (secondary N) is 1. The molecule has 0 saturated heterocycles. The lowest BCUT2D eigenvalue weighted by Gasteiger charge is -2.16. The smallest absolute Gasteiger partial charge is 0.258 e. The topological polar surface area (TPSA) is 63.8 Å². The number of benzene rings is 1. The van der Waals surface area contributed by atoms with Gasteiger partial charge in [-0.1, -0.05) is 11.2 Å². The number of nitrogens with zero attached hydrogens (tertiary/aromatic N) is 3. The van der Waals surface area contributed by atoms with Crippen molar-refractivity contribution in [3.63, 3.8) is 0 Å². The van der Waals surface area contributed by atoms with Crippen LogP contribution in [0.3, 0.4) is 0 Å². The van der Waals surface area contributed by atoms with Crippen LogP contribution in [-0.2, 0) is 13.0 Å². The lowest BCUT2D eigenvalue weighted by atomic mass is 9.98. The third-order valence-corrected chi connectivity index (χ3v) is 3.70. The lowest BCUT2D eigenvalue weighted by molar-refractivity contribution is 0.432. The van der Waals surface area contributed by atoms with E-state index in [9.17, 15) is 0 Å². The predicted octanol–water partition coefficient (Wildman–Crippen LogP) is 2.44. The zero-order valence-corrected chi connectivity index (χ0v) is 11.4. The quantitative estimate of drug-likeness (QED) is 0.780. The van der Waals surface area contributed by atoms with E-state index in [4.69, 9.17) is 4.52 Å². The van der Waals surface area contributed by atoms with Gasteiger partial charge in [-0.15, -0.1) is 0 Å². The molecule has 3 aromatic rings. The molecular weight excluding hydrogens is 264 g/mol. The molecule has 2 aromatic heterocycles. The van der Waals surface area contributed by atoms with Gasteiger partial charge in [0.05, 0.1) is 0 Å². The summed E-state index contributed by atoms with van der Waals surface area (Å²) in [4.78, 5) is 8.46. The Morgan fingerprint density at radius 2 is 1.90 bits per heavy atom. The molecule has 3 heterocycles. The zero-order valence-electron chi connectivity index (χ0n) is 11.4. The molecule has 21 heavy (non-hydrogen) atoms. The Hall–Kier alpha value is -2.53.